The summed E-state index contributed by atoms with van der Waals surface area (Å²) in [5.74, 6) is 1.03. The van der Waals surface area contributed by atoms with Crippen LogP contribution < -0.4 is 10.5 Å². The molecule has 7 heteroatoms. The molecule has 2 atom stereocenters. The van der Waals surface area contributed by atoms with Gasteiger partial charge in [0.2, 0.25) is 10.0 Å². The summed E-state index contributed by atoms with van der Waals surface area (Å²) in [6, 6.07) is 1.74. The standard InChI is InChI=1S/C12H20N2O2S3/c1-2-17-12-5-3-4-11(12)14-19(15,16)10-6-9(7-13)18-8-10/h6,8,11-12,14H,2-5,7,13H2,1H3. The first-order chi connectivity index (χ1) is 9.06. The van der Waals surface area contributed by atoms with E-state index in [4.69, 9.17) is 5.73 Å². The van der Waals surface area contributed by atoms with Crippen LogP contribution in [0.2, 0.25) is 0 Å². The van der Waals surface area contributed by atoms with Gasteiger partial charge >= 0.3 is 0 Å². The molecule has 2 rings (SSSR count). The zero-order valence-corrected chi connectivity index (χ0v) is 13.4. The molecule has 1 fully saturated rings. The van der Waals surface area contributed by atoms with E-state index in [-0.39, 0.29) is 6.04 Å². The maximum Gasteiger partial charge on any atom is 0.241 e. The predicted molar refractivity (Wildman–Crippen MR) is 82.1 cm³/mol. The van der Waals surface area contributed by atoms with E-state index in [9.17, 15) is 8.42 Å². The average Bonchev–Trinajstić information content (AvgIpc) is 2.99. The molecule has 0 aliphatic heterocycles. The SMILES string of the molecule is CCSC1CCCC1NS(=O)(=O)c1csc(CN)c1. The van der Waals surface area contributed by atoms with Crippen LogP contribution in [0.5, 0.6) is 0 Å². The summed E-state index contributed by atoms with van der Waals surface area (Å²) in [6.45, 7) is 2.50. The van der Waals surface area contributed by atoms with Crippen molar-refractivity contribution >= 4 is 33.1 Å². The van der Waals surface area contributed by atoms with E-state index in [1.807, 2.05) is 11.8 Å². The molecular weight excluding hydrogens is 300 g/mol. The molecule has 1 heterocycles. The zero-order valence-electron chi connectivity index (χ0n) is 11.0. The first kappa shape index (κ1) is 15.3. The summed E-state index contributed by atoms with van der Waals surface area (Å²) in [7, 11) is -3.39. The average molecular weight is 321 g/mol. The molecule has 0 bridgehead atoms. The first-order valence-electron chi connectivity index (χ1n) is 6.48. The lowest BCUT2D eigenvalue weighted by Gasteiger charge is -2.19. The van der Waals surface area contributed by atoms with Crippen molar-refractivity contribution in [3.05, 3.63) is 16.3 Å². The highest BCUT2D eigenvalue weighted by Gasteiger charge is 2.31. The number of nitrogens with two attached hydrogens (primary N) is 1. The molecule has 19 heavy (non-hydrogen) atoms. The largest absolute Gasteiger partial charge is 0.326 e. The minimum atomic E-state index is -3.39. The van der Waals surface area contributed by atoms with Gasteiger partial charge in [0, 0.05) is 28.1 Å². The number of thiophene rings is 1. The molecule has 0 amide bonds. The van der Waals surface area contributed by atoms with Crippen LogP contribution in [-0.2, 0) is 16.6 Å². The van der Waals surface area contributed by atoms with Gasteiger partial charge in [-0.05, 0) is 24.7 Å². The molecule has 0 radical (unpaired) electrons. The van der Waals surface area contributed by atoms with Gasteiger partial charge in [-0.15, -0.1) is 11.3 Å². The molecule has 0 aromatic carbocycles. The van der Waals surface area contributed by atoms with Crippen molar-refractivity contribution in [3.63, 3.8) is 0 Å². The number of nitrogens with one attached hydrogen (secondary N) is 1. The van der Waals surface area contributed by atoms with Gasteiger partial charge in [0.15, 0.2) is 0 Å². The van der Waals surface area contributed by atoms with Gasteiger partial charge in [0.25, 0.3) is 0 Å². The maximum absolute atomic E-state index is 12.3. The van der Waals surface area contributed by atoms with Crippen LogP contribution in [0.3, 0.4) is 0 Å². The summed E-state index contributed by atoms with van der Waals surface area (Å²) in [5.41, 5.74) is 5.52. The molecule has 0 spiro atoms. The molecule has 1 aromatic heterocycles. The molecule has 1 saturated carbocycles. The quantitative estimate of drug-likeness (QED) is 0.842. The monoisotopic (exact) mass is 320 g/mol. The van der Waals surface area contributed by atoms with Crippen molar-refractivity contribution in [2.45, 2.75) is 48.9 Å². The van der Waals surface area contributed by atoms with Gasteiger partial charge in [0.1, 0.15) is 0 Å². The van der Waals surface area contributed by atoms with Gasteiger partial charge < -0.3 is 5.73 Å². The smallest absolute Gasteiger partial charge is 0.241 e. The Morgan fingerprint density at radius 3 is 2.95 bits per heavy atom. The van der Waals surface area contributed by atoms with Crippen molar-refractivity contribution in [1.82, 2.24) is 4.72 Å². The molecule has 0 saturated heterocycles. The van der Waals surface area contributed by atoms with Crippen molar-refractivity contribution in [3.8, 4) is 0 Å². The lowest BCUT2D eigenvalue weighted by atomic mass is 10.3. The second-order valence-corrected chi connectivity index (χ2v) is 8.83. The van der Waals surface area contributed by atoms with Crippen LogP contribution in [0.25, 0.3) is 0 Å². The van der Waals surface area contributed by atoms with Gasteiger partial charge in [-0.3, -0.25) is 0 Å². The van der Waals surface area contributed by atoms with Crippen molar-refractivity contribution < 1.29 is 8.42 Å². The third-order valence-electron chi connectivity index (χ3n) is 3.28. The van der Waals surface area contributed by atoms with E-state index >= 15 is 0 Å². The van der Waals surface area contributed by atoms with E-state index in [0.29, 0.717) is 16.7 Å². The number of hydrogen-bond acceptors (Lipinski definition) is 5. The fourth-order valence-corrected chi connectivity index (χ4v) is 6.10. The Balaban J connectivity index is 2.08. The number of thioether (sulfide) groups is 1. The highest BCUT2D eigenvalue weighted by atomic mass is 32.2. The summed E-state index contributed by atoms with van der Waals surface area (Å²) < 4.78 is 27.5. The van der Waals surface area contributed by atoms with E-state index < -0.39 is 10.0 Å². The van der Waals surface area contributed by atoms with Crippen LogP contribution in [0.4, 0.5) is 0 Å². The Kier molecular flexibility index (Phi) is 5.30. The third kappa shape index (κ3) is 3.72. The number of hydrogen-bond donors (Lipinski definition) is 2. The predicted octanol–water partition coefficient (Wildman–Crippen LogP) is 2.16. The lowest BCUT2D eigenvalue weighted by molar-refractivity contribution is 0.555. The zero-order chi connectivity index (χ0) is 13.9. The normalized spacial score (nSPS) is 23.9. The Bertz CT molecular complexity index is 513. The minimum Gasteiger partial charge on any atom is -0.326 e. The van der Waals surface area contributed by atoms with Crippen LogP contribution >= 0.6 is 23.1 Å². The highest BCUT2D eigenvalue weighted by Crippen LogP contribution is 2.31. The van der Waals surface area contributed by atoms with E-state index in [1.54, 1.807) is 11.4 Å². The molecule has 1 aliphatic rings. The maximum atomic E-state index is 12.3. The first-order valence-corrected chi connectivity index (χ1v) is 9.89. The van der Waals surface area contributed by atoms with Crippen molar-refractivity contribution in [2.75, 3.05) is 5.75 Å². The molecule has 108 valence electrons. The van der Waals surface area contributed by atoms with Crippen LogP contribution in [-0.4, -0.2) is 25.5 Å². The van der Waals surface area contributed by atoms with Crippen molar-refractivity contribution in [2.24, 2.45) is 5.73 Å². The molecule has 1 aliphatic carbocycles. The van der Waals surface area contributed by atoms with E-state index in [0.717, 1.165) is 29.9 Å². The second kappa shape index (κ2) is 6.58. The van der Waals surface area contributed by atoms with Crippen molar-refractivity contribution in [1.29, 1.82) is 0 Å². The van der Waals surface area contributed by atoms with Crippen LogP contribution in [0, 0.1) is 0 Å². The Labute approximate surface area is 123 Å². The van der Waals surface area contributed by atoms with Gasteiger partial charge in [-0.2, -0.15) is 11.8 Å². The Morgan fingerprint density at radius 1 is 1.53 bits per heavy atom. The summed E-state index contributed by atoms with van der Waals surface area (Å²) >= 11 is 3.24. The van der Waals surface area contributed by atoms with Gasteiger partial charge in [-0.25, -0.2) is 13.1 Å². The van der Waals surface area contributed by atoms with Gasteiger partial charge in [0.05, 0.1) is 4.90 Å². The lowest BCUT2D eigenvalue weighted by Crippen LogP contribution is -2.38. The Hall–Kier alpha value is -0.0800. The molecule has 1 aromatic rings. The van der Waals surface area contributed by atoms with Crippen LogP contribution in [0.1, 0.15) is 31.1 Å². The minimum absolute atomic E-state index is 0.0659. The Morgan fingerprint density at radius 2 is 2.32 bits per heavy atom. The number of rotatable bonds is 6. The van der Waals surface area contributed by atoms with E-state index in [1.165, 1.54) is 11.3 Å². The fourth-order valence-electron chi connectivity index (χ4n) is 2.35. The molecule has 4 nitrogen and oxygen atoms in total. The summed E-state index contributed by atoms with van der Waals surface area (Å²) in [6.07, 6.45) is 3.14. The van der Waals surface area contributed by atoms with Crippen LogP contribution in [0.15, 0.2) is 16.3 Å². The highest BCUT2D eigenvalue weighted by molar-refractivity contribution is 8.00. The second-order valence-electron chi connectivity index (χ2n) is 4.61. The summed E-state index contributed by atoms with van der Waals surface area (Å²) in [4.78, 5) is 1.25. The topological polar surface area (TPSA) is 72.2 Å². The molecular formula is C12H20N2O2S3. The number of sulfonamides is 1. The molecule has 2 unspecified atom stereocenters. The van der Waals surface area contributed by atoms with Gasteiger partial charge in [-0.1, -0.05) is 13.3 Å². The fraction of sp³-hybridized carbons (Fsp3) is 0.667. The molecule has 3 N–H and O–H groups in total. The van der Waals surface area contributed by atoms with E-state index in [2.05, 4.69) is 11.6 Å². The third-order valence-corrected chi connectivity index (χ3v) is 7.18. The summed E-state index contributed by atoms with van der Waals surface area (Å²) in [5, 5.41) is 2.08.